The Balaban J connectivity index is 1.93. The molecule has 9 heteroatoms. The summed E-state index contributed by atoms with van der Waals surface area (Å²) in [5.41, 5.74) is -2.04. The molecule has 1 atom stereocenters. The van der Waals surface area contributed by atoms with Crippen molar-refractivity contribution in [1.82, 2.24) is 10.3 Å². The number of thiazole rings is 1. The van der Waals surface area contributed by atoms with Crippen LogP contribution in [-0.2, 0) is 16.8 Å². The summed E-state index contributed by atoms with van der Waals surface area (Å²) in [7, 11) is 0. The van der Waals surface area contributed by atoms with E-state index in [1.54, 1.807) is 12.1 Å². The van der Waals surface area contributed by atoms with Crippen molar-refractivity contribution in [2.24, 2.45) is 0 Å². The second kappa shape index (κ2) is 8.91. The molecule has 1 heterocycles. The van der Waals surface area contributed by atoms with Crippen LogP contribution in [-0.4, -0.2) is 34.8 Å². The third kappa shape index (κ3) is 5.68. The molecule has 0 aliphatic rings. The van der Waals surface area contributed by atoms with E-state index in [1.165, 1.54) is 12.3 Å². The summed E-state index contributed by atoms with van der Waals surface area (Å²) >= 11 is 0.678. The quantitative estimate of drug-likeness (QED) is 0.688. The highest BCUT2D eigenvalue weighted by Gasteiger charge is 2.58. The van der Waals surface area contributed by atoms with E-state index in [0.29, 0.717) is 23.5 Å². The van der Waals surface area contributed by atoms with E-state index in [9.17, 15) is 23.1 Å². The van der Waals surface area contributed by atoms with Crippen LogP contribution in [0.25, 0.3) is 0 Å². The van der Waals surface area contributed by atoms with Gasteiger partial charge in [0.05, 0.1) is 12.5 Å². The number of hydrogen-bond acceptors (Lipinski definition) is 5. The zero-order chi connectivity index (χ0) is 20.9. The number of hydrogen-bond donors (Lipinski definition) is 2. The van der Waals surface area contributed by atoms with Gasteiger partial charge in [0.25, 0.3) is 0 Å². The van der Waals surface area contributed by atoms with E-state index >= 15 is 0 Å². The number of carbonyl (C=O) groups excluding carboxylic acids is 1. The first-order valence-corrected chi connectivity index (χ1v) is 9.63. The predicted molar refractivity (Wildman–Crippen MR) is 100 cm³/mol. The number of benzene rings is 1. The van der Waals surface area contributed by atoms with Gasteiger partial charge in [0, 0.05) is 17.6 Å². The monoisotopic (exact) mass is 416 g/mol. The summed E-state index contributed by atoms with van der Waals surface area (Å²) in [6.45, 7) is 5.50. The Morgan fingerprint density at radius 2 is 1.93 bits per heavy atom. The number of aromatic nitrogens is 1. The Morgan fingerprint density at radius 3 is 2.43 bits per heavy atom. The van der Waals surface area contributed by atoms with Gasteiger partial charge in [0.1, 0.15) is 10.8 Å². The Morgan fingerprint density at radius 1 is 1.29 bits per heavy atom. The second-order valence-corrected chi connectivity index (χ2v) is 7.60. The average molecular weight is 416 g/mol. The summed E-state index contributed by atoms with van der Waals surface area (Å²) < 4.78 is 45.7. The molecule has 0 radical (unpaired) electrons. The molecule has 1 aromatic carbocycles. The van der Waals surface area contributed by atoms with Gasteiger partial charge in [-0.25, -0.2) is 4.98 Å². The zero-order valence-electron chi connectivity index (χ0n) is 15.8. The van der Waals surface area contributed by atoms with Gasteiger partial charge in [0.15, 0.2) is 0 Å². The Hall–Kier alpha value is -2.13. The van der Waals surface area contributed by atoms with Gasteiger partial charge >= 0.3 is 6.18 Å². The molecule has 154 valence electrons. The van der Waals surface area contributed by atoms with Gasteiger partial charge < -0.3 is 15.2 Å². The number of aliphatic hydroxyl groups is 1. The SMILES string of the molecule is Cc1csc(C(O)(CC(=O)NCCc2ccc(OC(C)C)cc2)C(F)(F)F)n1. The lowest BCUT2D eigenvalue weighted by molar-refractivity contribution is -0.267. The first-order chi connectivity index (χ1) is 13.0. The summed E-state index contributed by atoms with van der Waals surface area (Å²) in [4.78, 5) is 15.8. The van der Waals surface area contributed by atoms with Crippen LogP contribution in [0.5, 0.6) is 5.75 Å². The average Bonchev–Trinajstić information content (AvgIpc) is 3.02. The standard InChI is InChI=1S/C19H23F3N2O3S/c1-12(2)27-15-6-4-14(5-7-15)8-9-23-16(25)10-18(26,19(20,21)22)17-24-13(3)11-28-17/h4-7,11-12,26H,8-10H2,1-3H3,(H,23,25). The molecule has 0 saturated heterocycles. The lowest BCUT2D eigenvalue weighted by Gasteiger charge is -2.27. The van der Waals surface area contributed by atoms with Gasteiger partial charge in [0.2, 0.25) is 11.5 Å². The fourth-order valence-electron chi connectivity index (χ4n) is 2.49. The van der Waals surface area contributed by atoms with Gasteiger partial charge in [-0.1, -0.05) is 12.1 Å². The maximum atomic E-state index is 13.4. The minimum absolute atomic E-state index is 0.0548. The number of ether oxygens (including phenoxy) is 1. The van der Waals surface area contributed by atoms with Crippen LogP contribution >= 0.6 is 11.3 Å². The van der Waals surface area contributed by atoms with Gasteiger partial charge in [-0.2, -0.15) is 13.2 Å². The number of nitrogens with one attached hydrogen (secondary N) is 1. The molecule has 5 nitrogen and oxygen atoms in total. The van der Waals surface area contributed by atoms with Crippen molar-refractivity contribution < 1.29 is 27.8 Å². The fourth-order valence-corrected chi connectivity index (χ4v) is 3.40. The number of rotatable bonds is 8. The summed E-state index contributed by atoms with van der Waals surface area (Å²) in [5.74, 6) is -0.177. The normalized spacial score (nSPS) is 14.0. The third-order valence-electron chi connectivity index (χ3n) is 3.89. The fraction of sp³-hybridized carbons (Fsp3) is 0.474. The second-order valence-electron chi connectivity index (χ2n) is 6.74. The van der Waals surface area contributed by atoms with Gasteiger partial charge in [-0.3, -0.25) is 4.79 Å². The lowest BCUT2D eigenvalue weighted by atomic mass is 9.99. The molecular weight excluding hydrogens is 393 g/mol. The molecule has 2 N–H and O–H groups in total. The van der Waals surface area contributed by atoms with Crippen molar-refractivity contribution >= 4 is 17.2 Å². The molecule has 1 unspecified atom stereocenters. The Labute approximate surface area is 165 Å². The highest BCUT2D eigenvalue weighted by Crippen LogP contribution is 2.42. The minimum Gasteiger partial charge on any atom is -0.491 e. The van der Waals surface area contributed by atoms with E-state index in [-0.39, 0.29) is 12.6 Å². The van der Waals surface area contributed by atoms with Crippen LogP contribution in [0.2, 0.25) is 0 Å². The first-order valence-electron chi connectivity index (χ1n) is 8.75. The van der Waals surface area contributed by atoms with Crippen LogP contribution in [0, 0.1) is 6.92 Å². The molecule has 0 spiro atoms. The van der Waals surface area contributed by atoms with Crippen molar-refractivity contribution in [3.63, 3.8) is 0 Å². The maximum absolute atomic E-state index is 13.4. The molecule has 0 aliphatic carbocycles. The van der Waals surface area contributed by atoms with Crippen molar-refractivity contribution in [1.29, 1.82) is 0 Å². The van der Waals surface area contributed by atoms with Crippen LogP contribution in [0.15, 0.2) is 29.6 Å². The lowest BCUT2D eigenvalue weighted by Crippen LogP contribution is -2.46. The molecule has 2 aromatic rings. The molecule has 2 rings (SSSR count). The largest absolute Gasteiger partial charge is 0.491 e. The van der Waals surface area contributed by atoms with Crippen LogP contribution in [0.4, 0.5) is 13.2 Å². The van der Waals surface area contributed by atoms with Crippen LogP contribution in [0.3, 0.4) is 0 Å². The minimum atomic E-state index is -5.01. The number of halogens is 3. The van der Waals surface area contributed by atoms with Crippen LogP contribution < -0.4 is 10.1 Å². The maximum Gasteiger partial charge on any atom is 0.424 e. The molecule has 28 heavy (non-hydrogen) atoms. The number of carbonyl (C=O) groups is 1. The molecule has 0 fully saturated rings. The number of alkyl halides is 3. The predicted octanol–water partition coefficient (Wildman–Crippen LogP) is 3.74. The molecular formula is C19H23F3N2O3S. The zero-order valence-corrected chi connectivity index (χ0v) is 16.7. The van der Waals surface area contributed by atoms with Crippen molar-refractivity contribution in [3.05, 3.63) is 45.9 Å². The van der Waals surface area contributed by atoms with E-state index in [0.717, 1.165) is 11.3 Å². The Kier molecular flexibility index (Phi) is 7.06. The highest BCUT2D eigenvalue weighted by atomic mass is 32.1. The topological polar surface area (TPSA) is 71.5 Å². The van der Waals surface area contributed by atoms with Crippen molar-refractivity contribution in [2.75, 3.05) is 6.54 Å². The number of nitrogens with zero attached hydrogens (tertiary/aromatic N) is 1. The molecule has 0 aliphatic heterocycles. The van der Waals surface area contributed by atoms with Gasteiger partial charge in [-0.05, 0) is 44.9 Å². The van der Waals surface area contributed by atoms with E-state index in [2.05, 4.69) is 10.3 Å². The highest BCUT2D eigenvalue weighted by molar-refractivity contribution is 7.09. The third-order valence-corrected chi connectivity index (χ3v) is 5.00. The Bertz CT molecular complexity index is 790. The number of amides is 1. The summed E-state index contributed by atoms with van der Waals surface area (Å²) in [5, 5.41) is 13.5. The molecule has 1 amide bonds. The first kappa shape index (κ1) is 22.2. The van der Waals surface area contributed by atoms with Gasteiger partial charge in [-0.15, -0.1) is 11.3 Å². The summed E-state index contributed by atoms with van der Waals surface area (Å²) in [6, 6.07) is 7.25. The van der Waals surface area contributed by atoms with Crippen molar-refractivity contribution in [3.8, 4) is 5.75 Å². The number of aryl methyl sites for hydroxylation is 1. The summed E-state index contributed by atoms with van der Waals surface area (Å²) in [6.07, 6.45) is -5.65. The van der Waals surface area contributed by atoms with E-state index in [1.807, 2.05) is 26.0 Å². The molecule has 0 bridgehead atoms. The smallest absolute Gasteiger partial charge is 0.424 e. The van der Waals surface area contributed by atoms with E-state index in [4.69, 9.17) is 4.74 Å². The van der Waals surface area contributed by atoms with E-state index < -0.39 is 29.1 Å². The van der Waals surface area contributed by atoms with Crippen LogP contribution in [0.1, 0.15) is 36.5 Å². The molecule has 1 aromatic heterocycles. The molecule has 0 saturated carbocycles. The van der Waals surface area contributed by atoms with Crippen molar-refractivity contribution in [2.45, 2.75) is 51.5 Å².